The van der Waals surface area contributed by atoms with Crippen LogP contribution in [0.3, 0.4) is 0 Å². The maximum Gasteiger partial charge on any atom is 0.227 e. The number of likely N-dealkylation sites (tertiary alicyclic amines) is 1. The molecule has 1 N–H and O–H groups in total. The van der Waals surface area contributed by atoms with Gasteiger partial charge in [-0.15, -0.1) is 11.3 Å². The van der Waals surface area contributed by atoms with Crippen molar-refractivity contribution in [3.05, 3.63) is 57.2 Å². The Labute approximate surface area is 232 Å². The zero-order chi connectivity index (χ0) is 25.8. The van der Waals surface area contributed by atoms with Crippen LogP contribution in [0.1, 0.15) is 62.3 Å². The first kappa shape index (κ1) is 27.1. The summed E-state index contributed by atoms with van der Waals surface area (Å²) in [5.41, 5.74) is 1.47. The summed E-state index contributed by atoms with van der Waals surface area (Å²) in [6, 6.07) is 13.0. The van der Waals surface area contributed by atoms with Gasteiger partial charge in [-0.3, -0.25) is 14.6 Å². The summed E-state index contributed by atoms with van der Waals surface area (Å²) in [6.45, 7) is 11.9. The van der Waals surface area contributed by atoms with E-state index in [0.717, 1.165) is 57.4 Å². The highest BCUT2D eigenvalue weighted by molar-refractivity contribution is 7.09. The van der Waals surface area contributed by atoms with E-state index in [-0.39, 0.29) is 17.4 Å². The monoisotopic (exact) mass is 542 g/mol. The molecule has 7 heteroatoms. The number of nitrogens with zero attached hydrogens (tertiary/aromatic N) is 3. The second kappa shape index (κ2) is 12.2. The summed E-state index contributed by atoms with van der Waals surface area (Å²) in [6.07, 6.45) is 6.52. The van der Waals surface area contributed by atoms with E-state index in [0.29, 0.717) is 11.9 Å². The van der Waals surface area contributed by atoms with Gasteiger partial charge >= 0.3 is 0 Å². The molecule has 2 aromatic rings. The lowest BCUT2D eigenvalue weighted by Gasteiger charge is -2.50. The SMILES string of the molecule is CC(C)N1C[C@H](C(=O)N2CCN(C3(CNCc4cccs4)CCCCC3)CC2)[C@@H](c2ccc(Cl)cc2)C1. The topological polar surface area (TPSA) is 38.8 Å². The van der Waals surface area contributed by atoms with Crippen LogP contribution in [0.25, 0.3) is 0 Å². The van der Waals surface area contributed by atoms with Crippen molar-refractivity contribution < 1.29 is 4.79 Å². The predicted octanol–water partition coefficient (Wildman–Crippen LogP) is 5.46. The molecule has 5 rings (SSSR count). The van der Waals surface area contributed by atoms with E-state index in [4.69, 9.17) is 11.6 Å². The Kier molecular flexibility index (Phi) is 8.92. The minimum Gasteiger partial charge on any atom is -0.340 e. The third kappa shape index (κ3) is 6.25. The van der Waals surface area contributed by atoms with Crippen molar-refractivity contribution in [1.82, 2.24) is 20.0 Å². The lowest BCUT2D eigenvalue weighted by Crippen LogP contribution is -2.62. The highest BCUT2D eigenvalue weighted by Gasteiger charge is 2.43. The normalized spacial score (nSPS) is 25.1. The number of benzene rings is 1. The fourth-order valence-corrected chi connectivity index (χ4v) is 7.64. The molecule has 2 atom stereocenters. The smallest absolute Gasteiger partial charge is 0.227 e. The summed E-state index contributed by atoms with van der Waals surface area (Å²) in [7, 11) is 0. The van der Waals surface area contributed by atoms with Crippen LogP contribution < -0.4 is 5.32 Å². The molecule has 0 bridgehead atoms. The van der Waals surface area contributed by atoms with Crippen LogP contribution in [0, 0.1) is 5.92 Å². The van der Waals surface area contributed by atoms with Crippen molar-refractivity contribution in [2.24, 2.45) is 5.92 Å². The summed E-state index contributed by atoms with van der Waals surface area (Å²) < 4.78 is 0. The molecular weight excluding hydrogens is 500 g/mol. The molecule has 3 fully saturated rings. The quantitative estimate of drug-likeness (QED) is 0.480. The molecule has 2 aliphatic heterocycles. The Morgan fingerprint density at radius 3 is 2.43 bits per heavy atom. The number of carbonyl (C=O) groups excluding carboxylic acids is 1. The van der Waals surface area contributed by atoms with E-state index < -0.39 is 0 Å². The van der Waals surface area contributed by atoms with Crippen LogP contribution in [-0.4, -0.2) is 78.0 Å². The molecule has 0 radical (unpaired) electrons. The van der Waals surface area contributed by atoms with E-state index in [9.17, 15) is 4.79 Å². The van der Waals surface area contributed by atoms with Crippen molar-refractivity contribution in [2.45, 2.75) is 70.0 Å². The molecule has 1 aromatic carbocycles. The molecule has 202 valence electrons. The number of nitrogens with one attached hydrogen (secondary N) is 1. The van der Waals surface area contributed by atoms with Gasteiger partial charge in [0, 0.05) is 79.8 Å². The standard InChI is InChI=1S/C30H43ClN4OS/c1-23(2)34-20-27(24-8-10-25(31)11-9-24)28(21-34)29(36)33-14-16-35(17-15-33)30(12-4-3-5-13-30)22-32-19-26-7-6-18-37-26/h6-11,18,23,27-28,32H,3-5,12-17,19-22H2,1-2H3/t27-,28+/m1/s1. The zero-order valence-electron chi connectivity index (χ0n) is 22.5. The molecule has 3 aliphatic rings. The summed E-state index contributed by atoms with van der Waals surface area (Å²) in [5.74, 6) is 0.596. The minimum absolute atomic E-state index is 0.0197. The number of hydrogen-bond acceptors (Lipinski definition) is 5. The Hall–Kier alpha value is -1.44. The molecule has 0 spiro atoms. The summed E-state index contributed by atoms with van der Waals surface area (Å²) >= 11 is 8.00. The lowest BCUT2D eigenvalue weighted by atomic mass is 9.79. The van der Waals surface area contributed by atoms with Crippen LogP contribution in [0.4, 0.5) is 0 Å². The van der Waals surface area contributed by atoms with Gasteiger partial charge in [-0.25, -0.2) is 0 Å². The lowest BCUT2D eigenvalue weighted by molar-refractivity contribution is -0.138. The van der Waals surface area contributed by atoms with Gasteiger partial charge < -0.3 is 10.2 Å². The molecule has 5 nitrogen and oxygen atoms in total. The fraction of sp³-hybridized carbons (Fsp3) is 0.633. The zero-order valence-corrected chi connectivity index (χ0v) is 24.1. The number of carbonyl (C=O) groups is 1. The van der Waals surface area contributed by atoms with Crippen LogP contribution in [0.5, 0.6) is 0 Å². The number of piperazine rings is 1. The summed E-state index contributed by atoms with van der Waals surface area (Å²) in [5, 5.41) is 6.70. The second-order valence-corrected chi connectivity index (χ2v) is 13.1. The molecule has 1 amide bonds. The van der Waals surface area contributed by atoms with Crippen molar-refractivity contribution in [3.63, 3.8) is 0 Å². The first-order valence-electron chi connectivity index (χ1n) is 14.2. The third-order valence-corrected chi connectivity index (χ3v) is 10.2. The Morgan fingerprint density at radius 2 is 1.78 bits per heavy atom. The van der Waals surface area contributed by atoms with Crippen LogP contribution in [-0.2, 0) is 11.3 Å². The first-order chi connectivity index (χ1) is 17.9. The number of thiophene rings is 1. The number of hydrogen-bond donors (Lipinski definition) is 1. The van der Waals surface area contributed by atoms with Gasteiger partial charge in [0.25, 0.3) is 0 Å². The average molecular weight is 543 g/mol. The first-order valence-corrected chi connectivity index (χ1v) is 15.5. The molecule has 37 heavy (non-hydrogen) atoms. The number of amides is 1. The van der Waals surface area contributed by atoms with Crippen molar-refractivity contribution in [2.75, 3.05) is 45.8 Å². The van der Waals surface area contributed by atoms with Gasteiger partial charge in [-0.1, -0.05) is 49.1 Å². The van der Waals surface area contributed by atoms with Gasteiger partial charge in [0.1, 0.15) is 0 Å². The maximum absolute atomic E-state index is 13.9. The number of halogens is 1. The molecule has 1 aliphatic carbocycles. The van der Waals surface area contributed by atoms with Gasteiger partial charge in [0.15, 0.2) is 0 Å². The van der Waals surface area contributed by atoms with Gasteiger partial charge in [0.2, 0.25) is 5.91 Å². The van der Waals surface area contributed by atoms with Crippen molar-refractivity contribution in [3.8, 4) is 0 Å². The Bertz CT molecular complexity index is 997. The van der Waals surface area contributed by atoms with Crippen LogP contribution >= 0.6 is 22.9 Å². The maximum atomic E-state index is 13.9. The largest absolute Gasteiger partial charge is 0.340 e. The van der Waals surface area contributed by atoms with Crippen LogP contribution in [0.15, 0.2) is 41.8 Å². The highest BCUT2D eigenvalue weighted by atomic mass is 35.5. The Balaban J connectivity index is 1.23. The second-order valence-electron chi connectivity index (χ2n) is 11.6. The third-order valence-electron chi connectivity index (χ3n) is 9.07. The van der Waals surface area contributed by atoms with Gasteiger partial charge in [-0.2, -0.15) is 0 Å². The van der Waals surface area contributed by atoms with E-state index >= 15 is 0 Å². The molecule has 0 unspecified atom stereocenters. The molecule has 1 aromatic heterocycles. The van der Waals surface area contributed by atoms with E-state index in [2.05, 4.69) is 63.5 Å². The van der Waals surface area contributed by atoms with E-state index in [1.165, 1.54) is 42.5 Å². The number of rotatable bonds is 8. The Morgan fingerprint density at radius 1 is 1.05 bits per heavy atom. The molecular formula is C30H43ClN4OS. The minimum atomic E-state index is 0.0197. The molecule has 1 saturated carbocycles. The van der Waals surface area contributed by atoms with Gasteiger partial charge in [-0.05, 0) is 55.8 Å². The average Bonchev–Trinajstić information content (AvgIpc) is 3.60. The predicted molar refractivity (Wildman–Crippen MR) is 154 cm³/mol. The molecule has 2 saturated heterocycles. The highest BCUT2D eigenvalue weighted by Crippen LogP contribution is 2.37. The summed E-state index contributed by atoms with van der Waals surface area (Å²) in [4.78, 5) is 22.7. The molecule has 3 heterocycles. The van der Waals surface area contributed by atoms with Crippen molar-refractivity contribution >= 4 is 28.8 Å². The van der Waals surface area contributed by atoms with E-state index in [1.807, 2.05) is 23.5 Å². The van der Waals surface area contributed by atoms with Crippen LogP contribution in [0.2, 0.25) is 5.02 Å². The van der Waals surface area contributed by atoms with Crippen molar-refractivity contribution in [1.29, 1.82) is 0 Å². The van der Waals surface area contributed by atoms with Gasteiger partial charge in [0.05, 0.1) is 5.92 Å². The fourth-order valence-electron chi connectivity index (χ4n) is 6.84. The van der Waals surface area contributed by atoms with E-state index in [1.54, 1.807) is 0 Å².